The number of halogens is 2. The predicted molar refractivity (Wildman–Crippen MR) is 91.5 cm³/mol. The molecule has 0 fully saturated rings. The topological polar surface area (TPSA) is 55.4 Å². The van der Waals surface area contributed by atoms with E-state index in [4.69, 9.17) is 4.74 Å². The Balaban J connectivity index is 1.67. The predicted octanol–water partition coefficient (Wildman–Crippen LogP) is 3.70. The van der Waals surface area contributed by atoms with Crippen LogP contribution in [0, 0.1) is 11.6 Å². The van der Waals surface area contributed by atoms with Crippen LogP contribution in [0.2, 0.25) is 0 Å². The number of carbonyl (C=O) groups is 2. The molecular formula is C20H19F2NO3. The van der Waals surface area contributed by atoms with Gasteiger partial charge in [0, 0.05) is 0 Å². The van der Waals surface area contributed by atoms with Crippen LogP contribution >= 0.6 is 0 Å². The number of hydrogen-bond donors (Lipinski definition) is 1. The average molecular weight is 359 g/mol. The van der Waals surface area contributed by atoms with Gasteiger partial charge in [-0.05, 0) is 49.4 Å². The normalized spacial score (nSPS) is 17.1. The number of hydrogen-bond acceptors (Lipinski definition) is 3. The molecule has 0 aliphatic heterocycles. The minimum absolute atomic E-state index is 0.168. The molecule has 2 aromatic rings. The zero-order valence-corrected chi connectivity index (χ0v) is 14.3. The molecule has 4 nitrogen and oxygen atoms in total. The summed E-state index contributed by atoms with van der Waals surface area (Å²) in [6.45, 7) is 1.38. The van der Waals surface area contributed by atoms with Crippen molar-refractivity contribution in [2.45, 2.75) is 38.3 Å². The number of benzene rings is 2. The lowest BCUT2D eigenvalue weighted by Crippen LogP contribution is -2.39. The molecule has 0 heterocycles. The third-order valence-electron chi connectivity index (χ3n) is 4.51. The molecule has 1 amide bonds. The summed E-state index contributed by atoms with van der Waals surface area (Å²) in [7, 11) is 0. The van der Waals surface area contributed by atoms with Gasteiger partial charge < -0.3 is 10.1 Å². The van der Waals surface area contributed by atoms with Crippen LogP contribution in [-0.2, 0) is 16.0 Å². The highest BCUT2D eigenvalue weighted by Crippen LogP contribution is 2.29. The van der Waals surface area contributed by atoms with Crippen molar-refractivity contribution < 1.29 is 23.1 Å². The SMILES string of the molecule is C[C@@H](OC(=O)c1c(F)cccc1F)C(=O)N[C@H]1CCCc2ccccc21. The highest BCUT2D eigenvalue weighted by molar-refractivity contribution is 5.92. The van der Waals surface area contributed by atoms with Crippen LogP contribution in [0.1, 0.15) is 47.3 Å². The van der Waals surface area contributed by atoms with Crippen molar-refractivity contribution in [1.82, 2.24) is 5.32 Å². The third kappa shape index (κ3) is 3.74. The van der Waals surface area contributed by atoms with Gasteiger partial charge in [-0.3, -0.25) is 4.79 Å². The van der Waals surface area contributed by atoms with E-state index in [0.717, 1.165) is 43.0 Å². The lowest BCUT2D eigenvalue weighted by atomic mass is 9.87. The average Bonchev–Trinajstić information content (AvgIpc) is 2.61. The zero-order valence-electron chi connectivity index (χ0n) is 14.3. The third-order valence-corrected chi connectivity index (χ3v) is 4.51. The first-order valence-electron chi connectivity index (χ1n) is 8.50. The molecule has 1 N–H and O–H groups in total. The summed E-state index contributed by atoms with van der Waals surface area (Å²) in [5.41, 5.74) is 1.43. The van der Waals surface area contributed by atoms with Crippen LogP contribution in [-0.4, -0.2) is 18.0 Å². The Morgan fingerprint density at radius 2 is 1.81 bits per heavy atom. The van der Waals surface area contributed by atoms with E-state index in [1.165, 1.54) is 12.5 Å². The molecule has 1 aliphatic rings. The molecule has 6 heteroatoms. The maximum absolute atomic E-state index is 13.6. The minimum atomic E-state index is -1.20. The smallest absolute Gasteiger partial charge is 0.344 e. The molecule has 0 saturated heterocycles. The van der Waals surface area contributed by atoms with Gasteiger partial charge in [-0.2, -0.15) is 0 Å². The fourth-order valence-corrected chi connectivity index (χ4v) is 3.16. The molecule has 0 saturated carbocycles. The second-order valence-electron chi connectivity index (χ2n) is 6.30. The van der Waals surface area contributed by atoms with E-state index in [-0.39, 0.29) is 6.04 Å². The summed E-state index contributed by atoms with van der Waals surface area (Å²) in [5, 5.41) is 2.86. The number of nitrogens with one attached hydrogen (secondary N) is 1. The molecule has 0 aromatic heterocycles. The van der Waals surface area contributed by atoms with Crippen LogP contribution in [0.5, 0.6) is 0 Å². The molecule has 2 aromatic carbocycles. The van der Waals surface area contributed by atoms with Gasteiger partial charge in [0.2, 0.25) is 0 Å². The van der Waals surface area contributed by atoms with E-state index >= 15 is 0 Å². The molecule has 0 radical (unpaired) electrons. The van der Waals surface area contributed by atoms with E-state index in [0.29, 0.717) is 0 Å². The van der Waals surface area contributed by atoms with Gasteiger partial charge in [0.1, 0.15) is 17.2 Å². The van der Waals surface area contributed by atoms with Crippen molar-refractivity contribution in [1.29, 1.82) is 0 Å². The van der Waals surface area contributed by atoms with Crippen molar-refractivity contribution in [2.24, 2.45) is 0 Å². The van der Waals surface area contributed by atoms with Crippen LogP contribution in [0.3, 0.4) is 0 Å². The van der Waals surface area contributed by atoms with Crippen LogP contribution in [0.25, 0.3) is 0 Å². The quantitative estimate of drug-likeness (QED) is 0.847. The van der Waals surface area contributed by atoms with Crippen molar-refractivity contribution in [2.75, 3.05) is 0 Å². The number of ether oxygens (including phenoxy) is 1. The minimum Gasteiger partial charge on any atom is -0.449 e. The van der Waals surface area contributed by atoms with Crippen molar-refractivity contribution in [3.63, 3.8) is 0 Å². The summed E-state index contributed by atoms with van der Waals surface area (Å²) < 4.78 is 32.3. The van der Waals surface area contributed by atoms with E-state index < -0.39 is 35.2 Å². The molecule has 0 bridgehead atoms. The maximum atomic E-state index is 13.6. The van der Waals surface area contributed by atoms with Crippen molar-refractivity contribution in [3.8, 4) is 0 Å². The fourth-order valence-electron chi connectivity index (χ4n) is 3.16. The largest absolute Gasteiger partial charge is 0.449 e. The van der Waals surface area contributed by atoms with E-state index in [2.05, 4.69) is 5.32 Å². The number of carbonyl (C=O) groups excluding carboxylic acids is 2. The molecule has 26 heavy (non-hydrogen) atoms. The van der Waals surface area contributed by atoms with Crippen molar-refractivity contribution >= 4 is 11.9 Å². The highest BCUT2D eigenvalue weighted by atomic mass is 19.1. The lowest BCUT2D eigenvalue weighted by molar-refractivity contribution is -0.130. The summed E-state index contributed by atoms with van der Waals surface area (Å²) in [6.07, 6.45) is 1.51. The Morgan fingerprint density at radius 1 is 1.12 bits per heavy atom. The number of amides is 1. The van der Waals surface area contributed by atoms with Crippen LogP contribution in [0.4, 0.5) is 8.78 Å². The van der Waals surface area contributed by atoms with E-state index in [1.807, 2.05) is 24.3 Å². The number of rotatable bonds is 4. The number of fused-ring (bicyclic) bond motifs is 1. The first-order chi connectivity index (χ1) is 12.5. The second kappa shape index (κ2) is 7.64. The Kier molecular flexibility index (Phi) is 5.30. The maximum Gasteiger partial charge on any atom is 0.344 e. The molecule has 1 aliphatic carbocycles. The van der Waals surface area contributed by atoms with Gasteiger partial charge in [-0.1, -0.05) is 30.3 Å². The second-order valence-corrected chi connectivity index (χ2v) is 6.30. The van der Waals surface area contributed by atoms with Gasteiger partial charge in [0.25, 0.3) is 5.91 Å². The van der Waals surface area contributed by atoms with Gasteiger partial charge in [0.05, 0.1) is 6.04 Å². The van der Waals surface area contributed by atoms with Gasteiger partial charge >= 0.3 is 5.97 Å². The van der Waals surface area contributed by atoms with Gasteiger partial charge in [-0.15, -0.1) is 0 Å². The summed E-state index contributed by atoms with van der Waals surface area (Å²) in [6, 6.07) is 10.8. The Bertz CT molecular complexity index is 817. The molecule has 136 valence electrons. The summed E-state index contributed by atoms with van der Waals surface area (Å²) in [5.74, 6) is -3.75. The van der Waals surface area contributed by atoms with Crippen molar-refractivity contribution in [3.05, 3.63) is 70.8 Å². The van der Waals surface area contributed by atoms with Gasteiger partial charge in [-0.25, -0.2) is 13.6 Å². The Labute approximate surface area is 150 Å². The van der Waals surface area contributed by atoms with Gasteiger partial charge in [0.15, 0.2) is 6.10 Å². The first kappa shape index (κ1) is 18.0. The summed E-state index contributed by atoms with van der Waals surface area (Å²) in [4.78, 5) is 24.4. The first-order valence-corrected chi connectivity index (χ1v) is 8.50. The number of esters is 1. The fraction of sp³-hybridized carbons (Fsp3) is 0.300. The highest BCUT2D eigenvalue weighted by Gasteiger charge is 2.27. The zero-order chi connectivity index (χ0) is 18.7. The van der Waals surface area contributed by atoms with Crippen LogP contribution in [0.15, 0.2) is 42.5 Å². The van der Waals surface area contributed by atoms with E-state index in [9.17, 15) is 18.4 Å². The Morgan fingerprint density at radius 3 is 2.54 bits per heavy atom. The van der Waals surface area contributed by atoms with Crippen LogP contribution < -0.4 is 5.32 Å². The molecule has 3 rings (SSSR count). The standard InChI is InChI=1S/C20H19F2NO3/c1-12(26-20(25)18-15(21)9-5-10-16(18)22)19(24)23-17-11-4-7-13-6-2-3-8-14(13)17/h2-3,5-6,8-10,12,17H,4,7,11H2,1H3,(H,23,24)/t12-,17+/m1/s1. The summed E-state index contributed by atoms with van der Waals surface area (Å²) >= 11 is 0. The molecular weight excluding hydrogens is 340 g/mol. The lowest BCUT2D eigenvalue weighted by Gasteiger charge is -2.27. The molecule has 2 atom stereocenters. The number of aryl methyl sites for hydroxylation is 1. The van der Waals surface area contributed by atoms with E-state index in [1.54, 1.807) is 0 Å². The molecule has 0 spiro atoms. The molecule has 0 unspecified atom stereocenters. The monoisotopic (exact) mass is 359 g/mol. The Hall–Kier alpha value is -2.76.